The van der Waals surface area contributed by atoms with Gasteiger partial charge in [0, 0.05) is 0 Å². The summed E-state index contributed by atoms with van der Waals surface area (Å²) in [7, 11) is -3.68. The number of nitrogens with two attached hydrogens (primary N) is 1. The minimum Gasteiger partial charge on any atom is -0.493 e. The molecule has 0 aliphatic carbocycles. The molecule has 0 radical (unpaired) electrons. The number of benzene rings is 1. The largest absolute Gasteiger partial charge is 0.493 e. The van der Waals surface area contributed by atoms with Crippen LogP contribution in [-0.2, 0) is 10.0 Å². The van der Waals surface area contributed by atoms with Crippen LogP contribution in [0.3, 0.4) is 0 Å². The predicted molar refractivity (Wildman–Crippen MR) is 86.1 cm³/mol. The average molecular weight is 313 g/mol. The van der Waals surface area contributed by atoms with Crippen molar-refractivity contribution in [2.45, 2.75) is 57.8 Å². The summed E-state index contributed by atoms with van der Waals surface area (Å²) in [6.45, 7) is 9.15. The summed E-state index contributed by atoms with van der Waals surface area (Å²) in [5, 5.41) is 5.20. The number of hydrogen-bond acceptors (Lipinski definition) is 3. The topological polar surface area (TPSA) is 69.4 Å². The van der Waals surface area contributed by atoms with Crippen LogP contribution in [0, 0.1) is 5.92 Å². The van der Waals surface area contributed by atoms with E-state index < -0.39 is 10.0 Å². The van der Waals surface area contributed by atoms with Gasteiger partial charge in [-0.1, -0.05) is 27.7 Å². The fraction of sp³-hybridized carbons (Fsp3) is 0.625. The third-order valence-corrected chi connectivity index (χ3v) is 4.55. The molecule has 0 spiro atoms. The zero-order valence-corrected chi connectivity index (χ0v) is 14.2. The number of rotatable bonds is 8. The maximum atomic E-state index is 11.5. The molecule has 0 fully saturated rings. The first-order chi connectivity index (χ1) is 9.75. The number of hydrogen-bond donors (Lipinski definition) is 1. The van der Waals surface area contributed by atoms with Crippen LogP contribution < -0.4 is 9.88 Å². The van der Waals surface area contributed by atoms with Gasteiger partial charge in [-0.15, -0.1) is 0 Å². The smallest absolute Gasteiger partial charge is 0.238 e. The second-order valence-electron chi connectivity index (χ2n) is 5.94. The summed E-state index contributed by atoms with van der Waals surface area (Å²) >= 11 is 0. The molecule has 0 saturated heterocycles. The molecule has 1 aromatic carbocycles. The second-order valence-corrected chi connectivity index (χ2v) is 7.50. The summed E-state index contributed by atoms with van der Waals surface area (Å²) in [5.74, 6) is 1.65. The van der Waals surface area contributed by atoms with E-state index in [2.05, 4.69) is 27.7 Å². The highest BCUT2D eigenvalue weighted by atomic mass is 32.2. The van der Waals surface area contributed by atoms with Crippen molar-refractivity contribution in [3.05, 3.63) is 23.8 Å². The Balaban J connectivity index is 2.92. The lowest BCUT2D eigenvalue weighted by Gasteiger charge is -2.17. The maximum Gasteiger partial charge on any atom is 0.238 e. The van der Waals surface area contributed by atoms with E-state index in [1.807, 2.05) is 0 Å². The third kappa shape index (κ3) is 5.67. The first-order valence-electron chi connectivity index (χ1n) is 7.55. The fourth-order valence-corrected chi connectivity index (χ4v) is 2.66. The Morgan fingerprint density at radius 1 is 1.24 bits per heavy atom. The molecular formula is C16H27NO3S. The highest BCUT2D eigenvalue weighted by molar-refractivity contribution is 7.89. The van der Waals surface area contributed by atoms with Crippen molar-refractivity contribution in [3.8, 4) is 5.75 Å². The van der Waals surface area contributed by atoms with Gasteiger partial charge in [-0.25, -0.2) is 13.6 Å². The van der Waals surface area contributed by atoms with E-state index in [0.717, 1.165) is 30.6 Å². The molecule has 5 heteroatoms. The van der Waals surface area contributed by atoms with E-state index in [1.165, 1.54) is 6.07 Å². The van der Waals surface area contributed by atoms with Crippen molar-refractivity contribution >= 4 is 10.0 Å². The molecule has 4 nitrogen and oxygen atoms in total. The normalized spacial score (nSPS) is 13.4. The predicted octanol–water partition coefficient (Wildman–Crippen LogP) is 3.66. The molecule has 0 aliphatic heterocycles. The number of sulfonamides is 1. The molecular weight excluding hydrogens is 286 g/mol. The van der Waals surface area contributed by atoms with E-state index in [9.17, 15) is 8.42 Å². The number of primary sulfonamides is 1. The quantitative estimate of drug-likeness (QED) is 0.745. The monoisotopic (exact) mass is 313 g/mol. The third-order valence-electron chi connectivity index (χ3n) is 3.64. The van der Waals surface area contributed by atoms with Crippen molar-refractivity contribution in [2.24, 2.45) is 11.1 Å². The molecule has 1 atom stereocenters. The first-order valence-corrected chi connectivity index (χ1v) is 9.09. The standard InChI is InChI=1S/C16H27NO3S/c1-5-13(4)15-11-14(21(17,18)19)8-9-16(15)20-10-6-7-12(2)3/h8-9,11-13H,5-7,10H2,1-4H3,(H2,17,18,19). The molecule has 0 aliphatic rings. The maximum absolute atomic E-state index is 11.5. The van der Waals surface area contributed by atoms with E-state index >= 15 is 0 Å². The van der Waals surface area contributed by atoms with Gasteiger partial charge in [0.05, 0.1) is 11.5 Å². The van der Waals surface area contributed by atoms with Crippen molar-refractivity contribution in [1.82, 2.24) is 0 Å². The Morgan fingerprint density at radius 3 is 2.43 bits per heavy atom. The molecule has 120 valence electrons. The van der Waals surface area contributed by atoms with Crippen LogP contribution in [0.5, 0.6) is 5.75 Å². The Kier molecular flexibility index (Phi) is 6.68. The van der Waals surface area contributed by atoms with E-state index in [1.54, 1.807) is 12.1 Å². The highest BCUT2D eigenvalue weighted by Gasteiger charge is 2.16. The van der Waals surface area contributed by atoms with Gasteiger partial charge < -0.3 is 4.74 Å². The van der Waals surface area contributed by atoms with Crippen molar-refractivity contribution in [2.75, 3.05) is 6.61 Å². The molecule has 21 heavy (non-hydrogen) atoms. The van der Waals surface area contributed by atoms with Crippen molar-refractivity contribution in [3.63, 3.8) is 0 Å². The van der Waals surface area contributed by atoms with Gasteiger partial charge in [0.2, 0.25) is 10.0 Å². The van der Waals surface area contributed by atoms with Crippen LogP contribution in [-0.4, -0.2) is 15.0 Å². The zero-order valence-electron chi connectivity index (χ0n) is 13.4. The average Bonchev–Trinajstić information content (AvgIpc) is 2.41. The van der Waals surface area contributed by atoms with Crippen LogP contribution in [0.25, 0.3) is 0 Å². The van der Waals surface area contributed by atoms with Crippen LogP contribution in [0.15, 0.2) is 23.1 Å². The lowest BCUT2D eigenvalue weighted by molar-refractivity contribution is 0.293. The van der Waals surface area contributed by atoms with Crippen molar-refractivity contribution in [1.29, 1.82) is 0 Å². The summed E-state index contributed by atoms with van der Waals surface area (Å²) in [6.07, 6.45) is 3.03. The van der Waals surface area contributed by atoms with E-state index in [4.69, 9.17) is 9.88 Å². The van der Waals surface area contributed by atoms with Crippen LogP contribution >= 0.6 is 0 Å². The van der Waals surface area contributed by atoms with Crippen LogP contribution in [0.2, 0.25) is 0 Å². The zero-order chi connectivity index (χ0) is 16.0. The molecule has 0 saturated carbocycles. The summed E-state index contributed by atoms with van der Waals surface area (Å²) in [4.78, 5) is 0.146. The molecule has 0 amide bonds. The Morgan fingerprint density at radius 2 is 1.90 bits per heavy atom. The van der Waals surface area contributed by atoms with E-state index in [-0.39, 0.29) is 10.8 Å². The van der Waals surface area contributed by atoms with Gasteiger partial charge in [-0.2, -0.15) is 0 Å². The molecule has 1 unspecified atom stereocenters. The first kappa shape index (κ1) is 18.0. The van der Waals surface area contributed by atoms with Gasteiger partial charge >= 0.3 is 0 Å². The van der Waals surface area contributed by atoms with E-state index in [0.29, 0.717) is 12.5 Å². The van der Waals surface area contributed by atoms with Gasteiger partial charge in [-0.3, -0.25) is 0 Å². The molecule has 1 aromatic rings. The molecule has 2 N–H and O–H groups in total. The Bertz CT molecular complexity index is 553. The molecule has 0 bridgehead atoms. The SMILES string of the molecule is CCC(C)c1cc(S(N)(=O)=O)ccc1OCCCC(C)C. The highest BCUT2D eigenvalue weighted by Crippen LogP contribution is 2.31. The summed E-state index contributed by atoms with van der Waals surface area (Å²) in [6, 6.07) is 4.87. The summed E-state index contributed by atoms with van der Waals surface area (Å²) in [5.41, 5.74) is 0.911. The lowest BCUT2D eigenvalue weighted by Crippen LogP contribution is -2.13. The van der Waals surface area contributed by atoms with Gasteiger partial charge in [0.25, 0.3) is 0 Å². The molecule has 0 heterocycles. The van der Waals surface area contributed by atoms with Crippen LogP contribution in [0.1, 0.15) is 58.4 Å². The van der Waals surface area contributed by atoms with Crippen molar-refractivity contribution < 1.29 is 13.2 Å². The fourth-order valence-electron chi connectivity index (χ4n) is 2.11. The minimum atomic E-state index is -3.68. The minimum absolute atomic E-state index is 0.146. The Hall–Kier alpha value is -1.07. The lowest BCUT2D eigenvalue weighted by atomic mass is 9.98. The van der Waals surface area contributed by atoms with Gasteiger partial charge in [0.15, 0.2) is 0 Å². The number of ether oxygens (including phenoxy) is 1. The van der Waals surface area contributed by atoms with Gasteiger partial charge in [0.1, 0.15) is 5.75 Å². The summed E-state index contributed by atoms with van der Waals surface area (Å²) < 4.78 is 28.8. The second kappa shape index (κ2) is 7.80. The Labute approximate surface area is 128 Å². The molecule has 1 rings (SSSR count). The van der Waals surface area contributed by atoms with Crippen LogP contribution in [0.4, 0.5) is 0 Å². The molecule has 0 aromatic heterocycles. The van der Waals surface area contributed by atoms with Gasteiger partial charge in [-0.05, 0) is 54.9 Å².